The van der Waals surface area contributed by atoms with E-state index in [0.29, 0.717) is 24.3 Å². The van der Waals surface area contributed by atoms with Crippen LogP contribution in [0.5, 0.6) is 0 Å². The summed E-state index contributed by atoms with van der Waals surface area (Å²) in [5.41, 5.74) is 3.28. The molecule has 0 unspecified atom stereocenters. The fourth-order valence-corrected chi connectivity index (χ4v) is 2.23. The third-order valence-electron chi connectivity index (χ3n) is 3.08. The smallest absolute Gasteiger partial charge is 0.338 e. The maximum atomic E-state index is 11.8. The number of benzene rings is 1. The molecule has 1 aliphatic rings. The molecule has 0 saturated carbocycles. The number of rotatable bonds is 5. The van der Waals surface area contributed by atoms with Crippen molar-refractivity contribution in [3.63, 3.8) is 0 Å². The van der Waals surface area contributed by atoms with Gasteiger partial charge >= 0.3 is 5.97 Å². The Morgan fingerprint density at radius 1 is 1.42 bits per heavy atom. The molecule has 0 atom stereocenters. The Kier molecular flexibility index (Phi) is 4.34. The maximum Gasteiger partial charge on any atom is 0.338 e. The normalized spacial score (nSPS) is 13.8. The summed E-state index contributed by atoms with van der Waals surface area (Å²) in [6, 6.07) is 5.34. The van der Waals surface area contributed by atoms with E-state index in [4.69, 9.17) is 4.74 Å². The molecule has 0 spiro atoms. The van der Waals surface area contributed by atoms with Gasteiger partial charge in [-0.3, -0.25) is 4.79 Å². The summed E-state index contributed by atoms with van der Waals surface area (Å²) in [5, 5.41) is 2.59. The Morgan fingerprint density at radius 2 is 2.26 bits per heavy atom. The SMILES string of the molecule is CCOC(=O)c1cc(NC=O)cc(C2=CCCC2)c1. The molecule has 0 radical (unpaired) electrons. The highest BCUT2D eigenvalue weighted by Crippen LogP contribution is 2.30. The van der Waals surface area contributed by atoms with Crippen LogP contribution in [0.1, 0.15) is 42.1 Å². The van der Waals surface area contributed by atoms with Crippen molar-refractivity contribution >= 4 is 23.6 Å². The van der Waals surface area contributed by atoms with Crippen LogP contribution in [0.3, 0.4) is 0 Å². The fraction of sp³-hybridized carbons (Fsp3) is 0.333. The van der Waals surface area contributed by atoms with Gasteiger partial charge in [-0.15, -0.1) is 0 Å². The first-order valence-electron chi connectivity index (χ1n) is 6.46. The molecule has 0 aromatic heterocycles. The molecule has 2 rings (SSSR count). The molecule has 0 bridgehead atoms. The van der Waals surface area contributed by atoms with Crippen LogP contribution in [-0.4, -0.2) is 19.0 Å². The van der Waals surface area contributed by atoms with Crippen molar-refractivity contribution in [3.05, 3.63) is 35.4 Å². The Balaban J connectivity index is 2.37. The molecule has 100 valence electrons. The zero-order chi connectivity index (χ0) is 13.7. The minimum absolute atomic E-state index is 0.336. The molecule has 4 nitrogen and oxygen atoms in total. The summed E-state index contributed by atoms with van der Waals surface area (Å²) in [7, 11) is 0. The van der Waals surface area contributed by atoms with Crippen molar-refractivity contribution in [2.75, 3.05) is 11.9 Å². The van der Waals surface area contributed by atoms with E-state index in [9.17, 15) is 9.59 Å². The van der Waals surface area contributed by atoms with Gasteiger partial charge in [0, 0.05) is 5.69 Å². The molecular weight excluding hydrogens is 242 g/mol. The van der Waals surface area contributed by atoms with Gasteiger partial charge in [0.05, 0.1) is 12.2 Å². The van der Waals surface area contributed by atoms with Crippen LogP contribution in [0.2, 0.25) is 0 Å². The van der Waals surface area contributed by atoms with Crippen molar-refractivity contribution in [1.82, 2.24) is 0 Å². The number of esters is 1. The first-order chi connectivity index (χ1) is 9.24. The Hall–Kier alpha value is -2.10. The van der Waals surface area contributed by atoms with E-state index in [1.165, 1.54) is 5.57 Å². The van der Waals surface area contributed by atoms with Crippen LogP contribution >= 0.6 is 0 Å². The number of nitrogens with one attached hydrogen (secondary N) is 1. The lowest BCUT2D eigenvalue weighted by molar-refractivity contribution is -0.105. The summed E-state index contributed by atoms with van der Waals surface area (Å²) >= 11 is 0. The van der Waals surface area contributed by atoms with Crippen molar-refractivity contribution < 1.29 is 14.3 Å². The molecule has 4 heteroatoms. The van der Waals surface area contributed by atoms with Gasteiger partial charge in [-0.05, 0) is 55.5 Å². The second kappa shape index (κ2) is 6.18. The van der Waals surface area contributed by atoms with Gasteiger partial charge in [0.2, 0.25) is 6.41 Å². The molecule has 1 N–H and O–H groups in total. The minimum atomic E-state index is -0.364. The molecular formula is C15H17NO3. The number of hydrogen-bond donors (Lipinski definition) is 1. The average molecular weight is 259 g/mol. The Bertz CT molecular complexity index is 520. The standard InChI is InChI=1S/C15H17NO3/c1-2-19-15(18)13-7-12(11-5-3-4-6-11)8-14(9-13)16-10-17/h5,7-10H,2-4,6H2,1H3,(H,16,17). The lowest BCUT2D eigenvalue weighted by Gasteiger charge is -2.09. The van der Waals surface area contributed by atoms with Crippen molar-refractivity contribution in [1.29, 1.82) is 0 Å². The highest BCUT2D eigenvalue weighted by Gasteiger charge is 2.13. The molecule has 1 aromatic rings. The van der Waals surface area contributed by atoms with Crippen LogP contribution in [0.25, 0.3) is 5.57 Å². The van der Waals surface area contributed by atoms with E-state index in [1.807, 2.05) is 12.1 Å². The highest BCUT2D eigenvalue weighted by molar-refractivity contribution is 5.93. The van der Waals surface area contributed by atoms with Crippen LogP contribution in [0, 0.1) is 0 Å². The Morgan fingerprint density at radius 3 is 2.89 bits per heavy atom. The molecule has 0 aliphatic heterocycles. The minimum Gasteiger partial charge on any atom is -0.462 e. The maximum absolute atomic E-state index is 11.8. The van der Waals surface area contributed by atoms with Gasteiger partial charge in [-0.2, -0.15) is 0 Å². The van der Waals surface area contributed by atoms with Gasteiger partial charge in [0.1, 0.15) is 0 Å². The van der Waals surface area contributed by atoms with E-state index in [0.717, 1.165) is 24.8 Å². The van der Waals surface area contributed by atoms with E-state index in [2.05, 4.69) is 11.4 Å². The number of hydrogen-bond acceptors (Lipinski definition) is 3. The van der Waals surface area contributed by atoms with E-state index < -0.39 is 0 Å². The van der Waals surface area contributed by atoms with Gasteiger partial charge in [0.15, 0.2) is 0 Å². The lowest BCUT2D eigenvalue weighted by Crippen LogP contribution is -2.06. The van der Waals surface area contributed by atoms with Crippen LogP contribution < -0.4 is 5.32 Å². The predicted octanol–water partition coefficient (Wildman–Crippen LogP) is 3.00. The van der Waals surface area contributed by atoms with Gasteiger partial charge in [-0.25, -0.2) is 4.79 Å². The van der Waals surface area contributed by atoms with Crippen LogP contribution in [-0.2, 0) is 9.53 Å². The second-order valence-corrected chi connectivity index (χ2v) is 4.40. The third-order valence-corrected chi connectivity index (χ3v) is 3.08. The van der Waals surface area contributed by atoms with Gasteiger partial charge < -0.3 is 10.1 Å². The van der Waals surface area contributed by atoms with Crippen LogP contribution in [0.4, 0.5) is 5.69 Å². The third kappa shape index (κ3) is 3.22. The number of carbonyl (C=O) groups excluding carboxylic acids is 2. The summed E-state index contributed by atoms with van der Waals surface area (Å²) in [5.74, 6) is -0.364. The fourth-order valence-electron chi connectivity index (χ4n) is 2.23. The first kappa shape index (κ1) is 13.3. The number of allylic oxidation sites excluding steroid dienone is 2. The molecule has 1 aliphatic carbocycles. The topological polar surface area (TPSA) is 55.4 Å². The van der Waals surface area contributed by atoms with E-state index >= 15 is 0 Å². The molecule has 0 fully saturated rings. The van der Waals surface area contributed by atoms with Gasteiger partial charge in [-0.1, -0.05) is 6.08 Å². The van der Waals surface area contributed by atoms with Gasteiger partial charge in [0.25, 0.3) is 0 Å². The highest BCUT2D eigenvalue weighted by atomic mass is 16.5. The molecule has 0 heterocycles. The Labute approximate surface area is 112 Å². The first-order valence-corrected chi connectivity index (χ1v) is 6.46. The number of anilines is 1. The van der Waals surface area contributed by atoms with E-state index in [-0.39, 0.29) is 5.97 Å². The average Bonchev–Trinajstić information content (AvgIpc) is 2.93. The zero-order valence-corrected chi connectivity index (χ0v) is 10.9. The lowest BCUT2D eigenvalue weighted by atomic mass is 10.0. The van der Waals surface area contributed by atoms with Crippen molar-refractivity contribution in [3.8, 4) is 0 Å². The van der Waals surface area contributed by atoms with Crippen molar-refractivity contribution in [2.24, 2.45) is 0 Å². The quantitative estimate of drug-likeness (QED) is 0.653. The van der Waals surface area contributed by atoms with Crippen LogP contribution in [0.15, 0.2) is 24.3 Å². The number of ether oxygens (including phenoxy) is 1. The number of amides is 1. The largest absolute Gasteiger partial charge is 0.462 e. The molecule has 1 aromatic carbocycles. The summed E-state index contributed by atoms with van der Waals surface area (Å²) in [6.07, 6.45) is 5.99. The summed E-state index contributed by atoms with van der Waals surface area (Å²) in [6.45, 7) is 2.11. The predicted molar refractivity (Wildman–Crippen MR) is 73.9 cm³/mol. The molecule has 1 amide bonds. The summed E-state index contributed by atoms with van der Waals surface area (Å²) in [4.78, 5) is 22.4. The van der Waals surface area contributed by atoms with Crippen molar-refractivity contribution in [2.45, 2.75) is 26.2 Å². The zero-order valence-electron chi connectivity index (χ0n) is 10.9. The monoisotopic (exact) mass is 259 g/mol. The molecule has 19 heavy (non-hydrogen) atoms. The van der Waals surface area contributed by atoms with E-state index in [1.54, 1.807) is 13.0 Å². The number of carbonyl (C=O) groups is 2. The summed E-state index contributed by atoms with van der Waals surface area (Å²) < 4.78 is 5.00. The molecule has 0 saturated heterocycles. The second-order valence-electron chi connectivity index (χ2n) is 4.40.